The number of hydrogen-bond donors (Lipinski definition) is 1. The van der Waals surface area contributed by atoms with Crippen LogP contribution in [-0.4, -0.2) is 32.6 Å². The Morgan fingerprint density at radius 3 is 2.62 bits per heavy atom. The highest BCUT2D eigenvalue weighted by atomic mass is 79.9. The molecule has 0 aliphatic rings. The summed E-state index contributed by atoms with van der Waals surface area (Å²) in [6.45, 7) is 6.52. The van der Waals surface area contributed by atoms with E-state index in [1.165, 1.54) is 11.8 Å². The minimum Gasteiger partial charge on any atom is -0.298 e. The molecule has 29 heavy (non-hydrogen) atoms. The molecular formula is C21H20BrN5OS. The summed E-state index contributed by atoms with van der Waals surface area (Å²) >= 11 is 4.76. The van der Waals surface area contributed by atoms with Gasteiger partial charge < -0.3 is 0 Å². The first-order valence-corrected chi connectivity index (χ1v) is 10.6. The van der Waals surface area contributed by atoms with E-state index < -0.39 is 0 Å². The summed E-state index contributed by atoms with van der Waals surface area (Å²) in [7, 11) is 0. The van der Waals surface area contributed by atoms with Gasteiger partial charge in [0.15, 0.2) is 11.0 Å². The van der Waals surface area contributed by atoms with Crippen LogP contribution in [0.4, 0.5) is 0 Å². The third kappa shape index (κ3) is 6.13. The molecule has 3 aromatic rings. The molecule has 0 saturated heterocycles. The van der Waals surface area contributed by atoms with Gasteiger partial charge in [-0.1, -0.05) is 82.3 Å². The Morgan fingerprint density at radius 1 is 1.21 bits per heavy atom. The summed E-state index contributed by atoms with van der Waals surface area (Å²) in [4.78, 5) is 12.1. The van der Waals surface area contributed by atoms with Gasteiger partial charge in [0.2, 0.25) is 0 Å². The van der Waals surface area contributed by atoms with Crippen LogP contribution in [0.3, 0.4) is 0 Å². The van der Waals surface area contributed by atoms with Crippen LogP contribution in [0.25, 0.3) is 11.4 Å². The second kappa shape index (κ2) is 10.2. The van der Waals surface area contributed by atoms with Gasteiger partial charge in [-0.3, -0.25) is 9.36 Å². The maximum atomic E-state index is 12.1. The van der Waals surface area contributed by atoms with Crippen molar-refractivity contribution >= 4 is 39.8 Å². The lowest BCUT2D eigenvalue weighted by atomic mass is 10.2. The SMILES string of the molecule is C=C(C)Cn1c(SCC(=O)NN=Cc2ccccc2)nnc1-c1ccc(Br)cc1. The quantitative estimate of drug-likeness (QED) is 0.227. The zero-order valence-corrected chi connectivity index (χ0v) is 18.3. The third-order valence-corrected chi connectivity index (χ3v) is 5.28. The number of aromatic nitrogens is 3. The molecular weight excluding hydrogens is 450 g/mol. The number of nitrogens with one attached hydrogen (secondary N) is 1. The molecule has 1 amide bonds. The number of nitrogens with zero attached hydrogens (tertiary/aromatic N) is 4. The van der Waals surface area contributed by atoms with Crippen LogP contribution in [-0.2, 0) is 11.3 Å². The van der Waals surface area contributed by atoms with Crippen molar-refractivity contribution in [2.45, 2.75) is 18.6 Å². The summed E-state index contributed by atoms with van der Waals surface area (Å²) in [5.41, 5.74) is 5.38. The van der Waals surface area contributed by atoms with E-state index in [0.717, 1.165) is 27.0 Å². The summed E-state index contributed by atoms with van der Waals surface area (Å²) in [6, 6.07) is 17.4. The number of rotatable bonds is 8. The van der Waals surface area contributed by atoms with Crippen LogP contribution in [0, 0.1) is 0 Å². The van der Waals surface area contributed by atoms with E-state index in [1.807, 2.05) is 66.1 Å². The molecule has 1 N–H and O–H groups in total. The molecule has 0 aliphatic heterocycles. The molecule has 1 heterocycles. The Bertz CT molecular complexity index is 1020. The number of amides is 1. The highest BCUT2D eigenvalue weighted by Gasteiger charge is 2.15. The van der Waals surface area contributed by atoms with E-state index >= 15 is 0 Å². The number of allylic oxidation sites excluding steroid dienone is 1. The molecule has 0 saturated carbocycles. The zero-order valence-electron chi connectivity index (χ0n) is 15.9. The van der Waals surface area contributed by atoms with Crippen molar-refractivity contribution in [2.75, 3.05) is 5.75 Å². The van der Waals surface area contributed by atoms with E-state index in [2.05, 4.69) is 43.2 Å². The summed E-state index contributed by atoms with van der Waals surface area (Å²) in [6.07, 6.45) is 1.61. The fourth-order valence-corrected chi connectivity index (χ4v) is 3.50. The maximum absolute atomic E-state index is 12.1. The molecule has 6 nitrogen and oxygen atoms in total. The molecule has 0 unspecified atom stereocenters. The molecule has 0 bridgehead atoms. The first-order chi connectivity index (χ1) is 14.0. The average Bonchev–Trinajstić information content (AvgIpc) is 3.09. The van der Waals surface area contributed by atoms with E-state index in [-0.39, 0.29) is 11.7 Å². The molecule has 2 aromatic carbocycles. The molecule has 3 rings (SSSR count). The van der Waals surface area contributed by atoms with Gasteiger partial charge in [0.05, 0.1) is 12.0 Å². The van der Waals surface area contributed by atoms with E-state index in [0.29, 0.717) is 11.7 Å². The van der Waals surface area contributed by atoms with Gasteiger partial charge in [-0.25, -0.2) is 5.43 Å². The highest BCUT2D eigenvalue weighted by Crippen LogP contribution is 2.26. The van der Waals surface area contributed by atoms with Gasteiger partial charge in [-0.2, -0.15) is 5.10 Å². The second-order valence-electron chi connectivity index (χ2n) is 6.35. The minimum atomic E-state index is -0.211. The first kappa shape index (κ1) is 21.0. The largest absolute Gasteiger partial charge is 0.298 e. The van der Waals surface area contributed by atoms with Crippen molar-refractivity contribution in [1.82, 2.24) is 20.2 Å². The summed E-state index contributed by atoms with van der Waals surface area (Å²) < 4.78 is 2.96. The monoisotopic (exact) mass is 469 g/mol. The maximum Gasteiger partial charge on any atom is 0.250 e. The van der Waals surface area contributed by atoms with Crippen molar-refractivity contribution in [3.63, 3.8) is 0 Å². The van der Waals surface area contributed by atoms with Crippen LogP contribution in [0.1, 0.15) is 12.5 Å². The second-order valence-corrected chi connectivity index (χ2v) is 8.21. The molecule has 0 radical (unpaired) electrons. The van der Waals surface area contributed by atoms with E-state index in [9.17, 15) is 4.79 Å². The van der Waals surface area contributed by atoms with E-state index in [4.69, 9.17) is 0 Å². The Morgan fingerprint density at radius 2 is 1.93 bits per heavy atom. The van der Waals surface area contributed by atoms with Gasteiger partial charge in [0, 0.05) is 16.6 Å². The van der Waals surface area contributed by atoms with Gasteiger partial charge in [0.1, 0.15) is 0 Å². The van der Waals surface area contributed by atoms with Crippen molar-refractivity contribution in [2.24, 2.45) is 5.10 Å². The predicted molar refractivity (Wildman–Crippen MR) is 121 cm³/mol. The molecule has 0 spiro atoms. The standard InChI is InChI=1S/C21H20BrN5OS/c1-15(2)13-27-20(17-8-10-18(22)11-9-17)25-26-21(27)29-14-19(28)24-23-12-16-6-4-3-5-7-16/h3-12H,1,13-14H2,2H3,(H,24,28). The number of benzene rings is 2. The number of thioether (sulfide) groups is 1. The number of carbonyl (C=O) groups excluding carboxylic acids is 1. The van der Waals surface area contributed by atoms with Gasteiger partial charge in [-0.15, -0.1) is 10.2 Å². The van der Waals surface area contributed by atoms with Gasteiger partial charge >= 0.3 is 0 Å². The molecule has 0 fully saturated rings. The summed E-state index contributed by atoms with van der Waals surface area (Å²) in [5, 5.41) is 13.2. The van der Waals surface area contributed by atoms with Crippen LogP contribution < -0.4 is 5.43 Å². The fraction of sp³-hybridized carbons (Fsp3) is 0.143. The van der Waals surface area contributed by atoms with Crippen molar-refractivity contribution in [3.05, 3.63) is 76.8 Å². The normalized spacial score (nSPS) is 11.0. The first-order valence-electron chi connectivity index (χ1n) is 8.86. The molecule has 0 atom stereocenters. The lowest BCUT2D eigenvalue weighted by molar-refractivity contribution is -0.118. The lowest BCUT2D eigenvalue weighted by Crippen LogP contribution is -2.20. The highest BCUT2D eigenvalue weighted by molar-refractivity contribution is 9.10. The Labute approximate surface area is 182 Å². The van der Waals surface area contributed by atoms with Crippen LogP contribution in [0.2, 0.25) is 0 Å². The minimum absolute atomic E-state index is 0.181. The molecule has 1 aromatic heterocycles. The van der Waals surface area contributed by atoms with Crippen molar-refractivity contribution in [1.29, 1.82) is 0 Å². The average molecular weight is 470 g/mol. The van der Waals surface area contributed by atoms with E-state index in [1.54, 1.807) is 6.21 Å². The predicted octanol–water partition coefficient (Wildman–Crippen LogP) is 4.53. The number of halogens is 1. The molecule has 0 aliphatic carbocycles. The number of hydrazone groups is 1. The van der Waals surface area contributed by atoms with Gasteiger partial charge in [-0.05, 0) is 24.6 Å². The zero-order chi connectivity index (χ0) is 20.6. The fourth-order valence-electron chi connectivity index (χ4n) is 2.50. The Kier molecular flexibility index (Phi) is 7.37. The van der Waals surface area contributed by atoms with Crippen LogP contribution in [0.15, 0.2) is 81.5 Å². The Hall–Kier alpha value is -2.71. The van der Waals surface area contributed by atoms with Crippen LogP contribution >= 0.6 is 27.7 Å². The topological polar surface area (TPSA) is 72.2 Å². The third-order valence-electron chi connectivity index (χ3n) is 3.78. The smallest absolute Gasteiger partial charge is 0.250 e. The van der Waals surface area contributed by atoms with Crippen LogP contribution in [0.5, 0.6) is 0 Å². The molecule has 148 valence electrons. The van der Waals surface area contributed by atoms with Gasteiger partial charge in [0.25, 0.3) is 5.91 Å². The number of carbonyl (C=O) groups is 1. The summed E-state index contributed by atoms with van der Waals surface area (Å²) in [5.74, 6) is 0.712. The Balaban J connectivity index is 1.66. The number of hydrogen-bond acceptors (Lipinski definition) is 5. The molecule has 8 heteroatoms. The van der Waals surface area contributed by atoms with Crippen molar-refractivity contribution in [3.8, 4) is 11.4 Å². The lowest BCUT2D eigenvalue weighted by Gasteiger charge is -2.10. The van der Waals surface area contributed by atoms with Crippen molar-refractivity contribution < 1.29 is 4.79 Å².